The van der Waals surface area contributed by atoms with Crippen molar-refractivity contribution in [3.05, 3.63) is 59.7 Å². The fraction of sp³-hybridized carbons (Fsp3) is 0.364. The van der Waals surface area contributed by atoms with Crippen molar-refractivity contribution in [3.8, 4) is 23.6 Å². The predicted octanol–water partition coefficient (Wildman–Crippen LogP) is 4.69. The zero-order chi connectivity index (χ0) is 18.2. The van der Waals surface area contributed by atoms with Crippen LogP contribution in [0.25, 0.3) is 0 Å². The Morgan fingerprint density at radius 3 is 1.54 bits per heavy atom. The fourth-order valence-electron chi connectivity index (χ4n) is 3.30. The first-order valence-corrected chi connectivity index (χ1v) is 9.03. The van der Waals surface area contributed by atoms with E-state index in [4.69, 9.17) is 20.0 Å². The van der Waals surface area contributed by atoms with E-state index in [9.17, 15) is 0 Å². The summed E-state index contributed by atoms with van der Waals surface area (Å²) in [6, 6.07) is 18.9. The Balaban J connectivity index is 1.40. The quantitative estimate of drug-likeness (QED) is 0.761. The van der Waals surface area contributed by atoms with Crippen LogP contribution < -0.4 is 9.47 Å². The van der Waals surface area contributed by atoms with Crippen molar-refractivity contribution in [2.24, 2.45) is 11.8 Å². The van der Waals surface area contributed by atoms with Crippen molar-refractivity contribution in [3.63, 3.8) is 0 Å². The molecular formula is C22H22N2O2. The summed E-state index contributed by atoms with van der Waals surface area (Å²) in [6.07, 6.45) is 4.52. The van der Waals surface area contributed by atoms with Gasteiger partial charge in [0, 0.05) is 0 Å². The molecule has 0 aliphatic heterocycles. The van der Waals surface area contributed by atoms with E-state index in [0.29, 0.717) is 36.2 Å². The molecule has 0 radical (unpaired) electrons. The average molecular weight is 346 g/mol. The molecule has 0 saturated heterocycles. The molecule has 4 nitrogen and oxygen atoms in total. The minimum atomic E-state index is 0.555. The Kier molecular flexibility index (Phi) is 6.12. The summed E-state index contributed by atoms with van der Waals surface area (Å²) >= 11 is 0. The van der Waals surface area contributed by atoms with Crippen LogP contribution in [0.2, 0.25) is 0 Å². The largest absolute Gasteiger partial charge is 0.493 e. The maximum Gasteiger partial charge on any atom is 0.120 e. The molecule has 2 aromatic rings. The molecule has 4 heteroatoms. The summed E-state index contributed by atoms with van der Waals surface area (Å²) in [5, 5.41) is 17.9. The van der Waals surface area contributed by atoms with E-state index < -0.39 is 0 Å². The third-order valence-electron chi connectivity index (χ3n) is 4.86. The average Bonchev–Trinajstić information content (AvgIpc) is 2.72. The molecule has 2 aromatic carbocycles. The van der Waals surface area contributed by atoms with E-state index >= 15 is 0 Å². The van der Waals surface area contributed by atoms with Gasteiger partial charge < -0.3 is 9.47 Å². The lowest BCUT2D eigenvalue weighted by Crippen LogP contribution is -2.23. The van der Waals surface area contributed by atoms with Gasteiger partial charge in [-0.3, -0.25) is 0 Å². The van der Waals surface area contributed by atoms with Crippen LogP contribution in [0.15, 0.2) is 48.5 Å². The van der Waals surface area contributed by atoms with Gasteiger partial charge in [-0.05, 0) is 73.9 Å². The number of hydrogen-bond acceptors (Lipinski definition) is 4. The minimum absolute atomic E-state index is 0.555. The Morgan fingerprint density at radius 1 is 0.731 bits per heavy atom. The van der Waals surface area contributed by atoms with Gasteiger partial charge in [-0.25, -0.2) is 0 Å². The number of rotatable bonds is 6. The summed E-state index contributed by atoms with van der Waals surface area (Å²) in [5.74, 6) is 2.65. The summed E-state index contributed by atoms with van der Waals surface area (Å²) in [6.45, 7) is 1.40. The molecule has 0 amide bonds. The van der Waals surface area contributed by atoms with Gasteiger partial charge in [0.25, 0.3) is 0 Å². The standard InChI is InChI=1S/C22H22N2O2/c23-13-19-3-1-5-21(11-19)25-15-17-7-9-18(10-8-17)16-26-22-6-2-4-20(12-22)14-24/h1-6,11-12,17-18H,7-10,15-16H2. The van der Waals surface area contributed by atoms with Crippen LogP contribution >= 0.6 is 0 Å². The maximum absolute atomic E-state index is 8.94. The lowest BCUT2D eigenvalue weighted by molar-refractivity contribution is 0.148. The second-order valence-electron chi connectivity index (χ2n) is 6.79. The highest BCUT2D eigenvalue weighted by Crippen LogP contribution is 2.30. The predicted molar refractivity (Wildman–Crippen MR) is 98.8 cm³/mol. The van der Waals surface area contributed by atoms with Gasteiger partial charge in [-0.2, -0.15) is 10.5 Å². The van der Waals surface area contributed by atoms with Crippen LogP contribution in [0.4, 0.5) is 0 Å². The molecule has 132 valence electrons. The van der Waals surface area contributed by atoms with Gasteiger partial charge in [0.15, 0.2) is 0 Å². The first kappa shape index (κ1) is 17.8. The summed E-state index contributed by atoms with van der Waals surface area (Å²) in [5.41, 5.74) is 1.26. The minimum Gasteiger partial charge on any atom is -0.493 e. The normalized spacial score (nSPS) is 19.2. The molecule has 0 spiro atoms. The molecule has 1 aliphatic carbocycles. The smallest absolute Gasteiger partial charge is 0.120 e. The molecule has 1 aliphatic rings. The topological polar surface area (TPSA) is 66.0 Å². The van der Waals surface area contributed by atoms with Gasteiger partial charge >= 0.3 is 0 Å². The number of ether oxygens (including phenoxy) is 2. The Morgan fingerprint density at radius 2 is 1.15 bits per heavy atom. The number of benzene rings is 2. The maximum atomic E-state index is 8.94. The third kappa shape index (κ3) is 5.01. The molecule has 0 bridgehead atoms. The van der Waals surface area contributed by atoms with Crippen LogP contribution in [-0.4, -0.2) is 13.2 Å². The van der Waals surface area contributed by atoms with Gasteiger partial charge in [-0.15, -0.1) is 0 Å². The van der Waals surface area contributed by atoms with E-state index in [2.05, 4.69) is 12.1 Å². The van der Waals surface area contributed by atoms with E-state index in [1.807, 2.05) is 24.3 Å². The molecular weight excluding hydrogens is 324 g/mol. The molecule has 1 fully saturated rings. The van der Waals surface area contributed by atoms with E-state index in [1.165, 1.54) is 0 Å². The van der Waals surface area contributed by atoms with Crippen molar-refractivity contribution in [2.75, 3.05) is 13.2 Å². The SMILES string of the molecule is N#Cc1cccc(OCC2CCC(COc3cccc(C#N)c3)CC2)c1. The summed E-state index contributed by atoms with van der Waals surface area (Å²) in [7, 11) is 0. The van der Waals surface area contributed by atoms with Crippen LogP contribution in [0.3, 0.4) is 0 Å². The second kappa shape index (κ2) is 8.92. The third-order valence-corrected chi connectivity index (χ3v) is 4.86. The lowest BCUT2D eigenvalue weighted by atomic mass is 9.83. The van der Waals surface area contributed by atoms with Crippen LogP contribution in [-0.2, 0) is 0 Å². The number of hydrogen-bond donors (Lipinski definition) is 0. The highest BCUT2D eigenvalue weighted by Gasteiger charge is 2.22. The fourth-order valence-corrected chi connectivity index (χ4v) is 3.30. The van der Waals surface area contributed by atoms with Crippen molar-refractivity contribution in [1.82, 2.24) is 0 Å². The molecule has 1 saturated carbocycles. The van der Waals surface area contributed by atoms with Crippen molar-refractivity contribution in [2.45, 2.75) is 25.7 Å². The lowest BCUT2D eigenvalue weighted by Gasteiger charge is -2.28. The summed E-state index contributed by atoms with van der Waals surface area (Å²) in [4.78, 5) is 0. The first-order valence-electron chi connectivity index (χ1n) is 9.03. The zero-order valence-electron chi connectivity index (χ0n) is 14.7. The van der Waals surface area contributed by atoms with Crippen molar-refractivity contribution >= 4 is 0 Å². The van der Waals surface area contributed by atoms with Crippen LogP contribution in [0, 0.1) is 34.5 Å². The van der Waals surface area contributed by atoms with E-state index in [1.54, 1.807) is 24.3 Å². The Bertz CT molecular complexity index is 742. The molecule has 3 rings (SSSR count). The Labute approximate surface area is 154 Å². The Hall–Kier alpha value is -2.98. The molecule has 0 aromatic heterocycles. The van der Waals surface area contributed by atoms with Crippen molar-refractivity contribution in [1.29, 1.82) is 10.5 Å². The van der Waals surface area contributed by atoms with Crippen LogP contribution in [0.1, 0.15) is 36.8 Å². The monoisotopic (exact) mass is 346 g/mol. The molecule has 0 N–H and O–H groups in total. The number of nitrogens with zero attached hydrogens (tertiary/aromatic N) is 2. The van der Waals surface area contributed by atoms with Gasteiger partial charge in [-0.1, -0.05) is 12.1 Å². The number of nitriles is 2. The van der Waals surface area contributed by atoms with Crippen molar-refractivity contribution < 1.29 is 9.47 Å². The second-order valence-corrected chi connectivity index (χ2v) is 6.79. The summed E-state index contributed by atoms with van der Waals surface area (Å²) < 4.78 is 11.7. The highest BCUT2D eigenvalue weighted by molar-refractivity contribution is 5.36. The molecule has 26 heavy (non-hydrogen) atoms. The first-order chi connectivity index (χ1) is 12.8. The highest BCUT2D eigenvalue weighted by atomic mass is 16.5. The van der Waals surface area contributed by atoms with Gasteiger partial charge in [0.1, 0.15) is 11.5 Å². The van der Waals surface area contributed by atoms with E-state index in [0.717, 1.165) is 37.2 Å². The van der Waals surface area contributed by atoms with Crippen LogP contribution in [0.5, 0.6) is 11.5 Å². The molecule has 0 heterocycles. The molecule has 0 unspecified atom stereocenters. The van der Waals surface area contributed by atoms with E-state index in [-0.39, 0.29) is 0 Å². The van der Waals surface area contributed by atoms with Gasteiger partial charge in [0.05, 0.1) is 36.5 Å². The van der Waals surface area contributed by atoms with Gasteiger partial charge in [0.2, 0.25) is 0 Å². The molecule has 0 atom stereocenters. The zero-order valence-corrected chi connectivity index (χ0v) is 14.7.